The molecular weight excluding hydrogens is 294 g/mol. The molecule has 0 fully saturated rings. The molecule has 0 saturated heterocycles. The lowest BCUT2D eigenvalue weighted by molar-refractivity contribution is 0.716. The summed E-state index contributed by atoms with van der Waals surface area (Å²) < 4.78 is 0. The topological polar surface area (TPSA) is 28.2 Å². The maximum Gasteiger partial charge on any atom is 0.0726 e. The van der Waals surface area contributed by atoms with Crippen LogP contribution in [0.4, 0.5) is 11.4 Å². The van der Waals surface area contributed by atoms with Crippen LogP contribution in [0, 0.1) is 13.8 Å². The van der Waals surface area contributed by atoms with E-state index in [0.717, 1.165) is 17.8 Å². The molecule has 0 spiro atoms. The summed E-state index contributed by atoms with van der Waals surface area (Å²) >= 11 is 0. The third-order valence-corrected chi connectivity index (χ3v) is 4.78. The van der Waals surface area contributed by atoms with Crippen molar-refractivity contribution < 1.29 is 0 Å². The largest absolute Gasteiger partial charge is 0.382 e. The fraction of sp³-hybridized carbons (Fsp3) is 0.286. The van der Waals surface area contributed by atoms with Gasteiger partial charge in [0.25, 0.3) is 0 Å². The molecule has 0 amide bonds. The van der Waals surface area contributed by atoms with Gasteiger partial charge in [-0.25, -0.2) is 0 Å². The minimum atomic E-state index is 0.374. The van der Waals surface area contributed by atoms with Crippen molar-refractivity contribution in [2.45, 2.75) is 26.8 Å². The number of aromatic nitrogens is 1. The molecule has 1 atom stereocenters. The zero-order chi connectivity index (χ0) is 17.1. The highest BCUT2D eigenvalue weighted by molar-refractivity contribution is 5.93. The fourth-order valence-corrected chi connectivity index (χ4v) is 2.96. The first-order chi connectivity index (χ1) is 11.6. The number of hydrogen-bond acceptors (Lipinski definition) is 3. The maximum atomic E-state index is 4.70. The Morgan fingerprint density at radius 3 is 2.42 bits per heavy atom. The summed E-state index contributed by atoms with van der Waals surface area (Å²) in [4.78, 5) is 7.00. The number of aryl methyl sites for hydroxylation is 1. The Hall–Kier alpha value is -2.55. The molecule has 1 aromatic heterocycles. The van der Waals surface area contributed by atoms with Crippen molar-refractivity contribution in [1.29, 1.82) is 0 Å². The van der Waals surface area contributed by atoms with E-state index in [0.29, 0.717) is 6.04 Å². The first kappa shape index (κ1) is 16.3. The van der Waals surface area contributed by atoms with Crippen molar-refractivity contribution in [2.24, 2.45) is 0 Å². The molecule has 3 heteroatoms. The van der Waals surface area contributed by atoms with E-state index in [1.807, 2.05) is 6.07 Å². The van der Waals surface area contributed by atoms with Gasteiger partial charge in [0, 0.05) is 42.1 Å². The van der Waals surface area contributed by atoms with E-state index in [1.54, 1.807) is 0 Å². The van der Waals surface area contributed by atoms with Crippen molar-refractivity contribution in [3.8, 4) is 0 Å². The second kappa shape index (κ2) is 6.91. The van der Waals surface area contributed by atoms with E-state index < -0.39 is 0 Å². The monoisotopic (exact) mass is 319 g/mol. The molecule has 1 N–H and O–H groups in total. The van der Waals surface area contributed by atoms with Crippen molar-refractivity contribution >= 4 is 22.3 Å². The Morgan fingerprint density at radius 1 is 1.00 bits per heavy atom. The molecular formula is C21H25N3. The van der Waals surface area contributed by atoms with Gasteiger partial charge in [-0.1, -0.05) is 36.4 Å². The van der Waals surface area contributed by atoms with Gasteiger partial charge >= 0.3 is 0 Å². The van der Waals surface area contributed by atoms with Gasteiger partial charge in [-0.15, -0.1) is 0 Å². The van der Waals surface area contributed by atoms with Gasteiger partial charge in [0.1, 0.15) is 0 Å². The van der Waals surface area contributed by atoms with E-state index in [1.165, 1.54) is 22.3 Å². The number of hydrogen-bond donors (Lipinski definition) is 1. The summed E-state index contributed by atoms with van der Waals surface area (Å²) in [6.45, 7) is 7.33. The van der Waals surface area contributed by atoms with E-state index in [9.17, 15) is 0 Å². The quantitative estimate of drug-likeness (QED) is 0.733. The standard InChI is InChI=1S/C21H25N3/c1-15(24(4)18-10-6-5-7-11-18)14-22-21-16(2)17(3)23-20-13-9-8-12-19(20)21/h5-13,15H,14H2,1-4H3,(H,22,23). The van der Waals surface area contributed by atoms with E-state index in [4.69, 9.17) is 4.98 Å². The average Bonchev–Trinajstić information content (AvgIpc) is 2.62. The van der Waals surface area contributed by atoms with Crippen LogP contribution in [0.5, 0.6) is 0 Å². The minimum Gasteiger partial charge on any atom is -0.382 e. The summed E-state index contributed by atoms with van der Waals surface area (Å²) in [7, 11) is 2.14. The third kappa shape index (κ3) is 3.21. The second-order valence-electron chi connectivity index (χ2n) is 6.39. The molecule has 2 aromatic carbocycles. The molecule has 0 aliphatic rings. The van der Waals surface area contributed by atoms with Crippen LogP contribution in [0.25, 0.3) is 10.9 Å². The molecule has 0 aliphatic heterocycles. The SMILES string of the molecule is Cc1nc2ccccc2c(NCC(C)N(C)c2ccccc2)c1C. The predicted molar refractivity (Wildman–Crippen MR) is 104 cm³/mol. The molecule has 124 valence electrons. The van der Waals surface area contributed by atoms with Gasteiger partial charge in [-0.2, -0.15) is 0 Å². The first-order valence-electron chi connectivity index (χ1n) is 8.45. The molecule has 1 heterocycles. The van der Waals surface area contributed by atoms with Crippen molar-refractivity contribution in [3.63, 3.8) is 0 Å². The molecule has 3 aromatic rings. The molecule has 0 saturated carbocycles. The lowest BCUT2D eigenvalue weighted by atomic mass is 10.1. The number of nitrogens with zero attached hydrogens (tertiary/aromatic N) is 2. The van der Waals surface area contributed by atoms with Crippen molar-refractivity contribution in [3.05, 3.63) is 65.9 Å². The molecule has 3 nitrogen and oxygen atoms in total. The Morgan fingerprint density at radius 2 is 1.67 bits per heavy atom. The number of pyridine rings is 1. The van der Waals surface area contributed by atoms with Gasteiger partial charge in [-0.05, 0) is 44.5 Å². The highest BCUT2D eigenvalue weighted by atomic mass is 15.1. The minimum absolute atomic E-state index is 0.374. The number of anilines is 2. The Balaban J connectivity index is 1.82. The van der Waals surface area contributed by atoms with E-state index in [-0.39, 0.29) is 0 Å². The van der Waals surface area contributed by atoms with Gasteiger partial charge < -0.3 is 10.2 Å². The van der Waals surface area contributed by atoms with Gasteiger partial charge in [-0.3, -0.25) is 4.98 Å². The molecule has 0 aliphatic carbocycles. The Bertz CT molecular complexity index is 827. The van der Waals surface area contributed by atoms with Crippen LogP contribution >= 0.6 is 0 Å². The van der Waals surface area contributed by atoms with E-state index >= 15 is 0 Å². The molecule has 0 radical (unpaired) electrons. The number of para-hydroxylation sites is 2. The highest BCUT2D eigenvalue weighted by Crippen LogP contribution is 2.28. The number of likely N-dealkylation sites (N-methyl/N-ethyl adjacent to an activating group) is 1. The fourth-order valence-electron chi connectivity index (χ4n) is 2.96. The summed E-state index contributed by atoms with van der Waals surface area (Å²) in [6.07, 6.45) is 0. The summed E-state index contributed by atoms with van der Waals surface area (Å²) in [5.41, 5.74) is 5.79. The number of rotatable bonds is 5. The normalized spacial score (nSPS) is 12.2. The molecule has 24 heavy (non-hydrogen) atoms. The van der Waals surface area contributed by atoms with Gasteiger partial charge in [0.05, 0.1) is 5.52 Å². The van der Waals surface area contributed by atoms with Crippen LogP contribution in [0.2, 0.25) is 0 Å². The number of benzene rings is 2. The summed E-state index contributed by atoms with van der Waals surface area (Å²) in [5.74, 6) is 0. The summed E-state index contributed by atoms with van der Waals surface area (Å²) in [5, 5.41) is 4.86. The lowest BCUT2D eigenvalue weighted by Gasteiger charge is -2.28. The van der Waals surface area contributed by atoms with Crippen molar-refractivity contribution in [1.82, 2.24) is 4.98 Å². The Kier molecular flexibility index (Phi) is 4.70. The first-order valence-corrected chi connectivity index (χ1v) is 8.45. The van der Waals surface area contributed by atoms with Crippen LogP contribution in [0.15, 0.2) is 54.6 Å². The second-order valence-corrected chi connectivity index (χ2v) is 6.39. The van der Waals surface area contributed by atoms with E-state index in [2.05, 4.69) is 86.6 Å². The Labute approximate surface area is 144 Å². The van der Waals surface area contributed by atoms with Crippen LogP contribution in [0.3, 0.4) is 0 Å². The predicted octanol–water partition coefficient (Wildman–Crippen LogP) is 4.79. The zero-order valence-electron chi connectivity index (χ0n) is 14.9. The van der Waals surface area contributed by atoms with Crippen LogP contribution in [0.1, 0.15) is 18.2 Å². The molecule has 3 rings (SSSR count). The number of fused-ring (bicyclic) bond motifs is 1. The van der Waals surface area contributed by atoms with Gasteiger partial charge in [0.2, 0.25) is 0 Å². The van der Waals surface area contributed by atoms with Gasteiger partial charge in [0.15, 0.2) is 0 Å². The smallest absolute Gasteiger partial charge is 0.0726 e. The maximum absolute atomic E-state index is 4.70. The highest BCUT2D eigenvalue weighted by Gasteiger charge is 2.13. The summed E-state index contributed by atoms with van der Waals surface area (Å²) in [6, 6.07) is 19.2. The van der Waals surface area contributed by atoms with Crippen LogP contribution < -0.4 is 10.2 Å². The molecule has 1 unspecified atom stereocenters. The van der Waals surface area contributed by atoms with Crippen molar-refractivity contribution in [2.75, 3.05) is 23.8 Å². The lowest BCUT2D eigenvalue weighted by Crippen LogP contribution is -2.34. The van der Waals surface area contributed by atoms with Crippen LogP contribution in [-0.4, -0.2) is 24.6 Å². The third-order valence-electron chi connectivity index (χ3n) is 4.78. The molecule has 0 bridgehead atoms. The number of nitrogens with one attached hydrogen (secondary N) is 1. The zero-order valence-corrected chi connectivity index (χ0v) is 14.9. The van der Waals surface area contributed by atoms with Crippen LogP contribution in [-0.2, 0) is 0 Å². The average molecular weight is 319 g/mol.